The van der Waals surface area contributed by atoms with Gasteiger partial charge in [-0.15, -0.1) is 0 Å². The number of likely N-dealkylation sites (N-methyl/N-ethyl adjacent to an activating group) is 1. The fraction of sp³-hybridized carbons (Fsp3) is 0.929. The standard InChI is InChI=1S/C14H27N3O/c1-17(13-7-9-15-11-13)10-8-14(18)16-12-5-3-2-4-6-12/h12-13,15H,2-11H2,1H3,(H,16,18). The average molecular weight is 253 g/mol. The fourth-order valence-corrected chi connectivity index (χ4v) is 3.02. The molecule has 0 radical (unpaired) electrons. The lowest BCUT2D eigenvalue weighted by molar-refractivity contribution is -0.122. The molecule has 1 heterocycles. The van der Waals surface area contributed by atoms with E-state index in [0.717, 1.165) is 19.6 Å². The van der Waals surface area contributed by atoms with Crippen LogP contribution in [0.3, 0.4) is 0 Å². The lowest BCUT2D eigenvalue weighted by Gasteiger charge is -2.25. The molecule has 2 N–H and O–H groups in total. The number of carbonyl (C=O) groups is 1. The largest absolute Gasteiger partial charge is 0.353 e. The van der Waals surface area contributed by atoms with Gasteiger partial charge in [0.25, 0.3) is 0 Å². The highest BCUT2D eigenvalue weighted by atomic mass is 16.1. The summed E-state index contributed by atoms with van der Waals surface area (Å²) in [5.41, 5.74) is 0. The Hall–Kier alpha value is -0.610. The van der Waals surface area contributed by atoms with Crippen LogP contribution in [0.15, 0.2) is 0 Å². The van der Waals surface area contributed by atoms with E-state index in [9.17, 15) is 4.79 Å². The summed E-state index contributed by atoms with van der Waals surface area (Å²) in [4.78, 5) is 14.2. The summed E-state index contributed by atoms with van der Waals surface area (Å²) in [6.45, 7) is 3.06. The van der Waals surface area contributed by atoms with Gasteiger partial charge in [0.15, 0.2) is 0 Å². The lowest BCUT2D eigenvalue weighted by Crippen LogP contribution is -2.40. The second-order valence-electron chi connectivity index (χ2n) is 5.78. The van der Waals surface area contributed by atoms with Crippen molar-refractivity contribution in [1.82, 2.24) is 15.5 Å². The number of carbonyl (C=O) groups excluding carboxylic acids is 1. The molecule has 1 unspecified atom stereocenters. The van der Waals surface area contributed by atoms with E-state index in [4.69, 9.17) is 0 Å². The van der Waals surface area contributed by atoms with Gasteiger partial charge in [0.2, 0.25) is 5.91 Å². The van der Waals surface area contributed by atoms with Gasteiger partial charge >= 0.3 is 0 Å². The molecule has 0 spiro atoms. The second-order valence-corrected chi connectivity index (χ2v) is 5.78. The Morgan fingerprint density at radius 1 is 1.28 bits per heavy atom. The summed E-state index contributed by atoms with van der Waals surface area (Å²) in [6.07, 6.45) is 8.09. The van der Waals surface area contributed by atoms with Crippen molar-refractivity contribution in [1.29, 1.82) is 0 Å². The molecule has 0 bridgehead atoms. The molecular formula is C14H27N3O. The van der Waals surface area contributed by atoms with Gasteiger partial charge in [0, 0.05) is 31.6 Å². The zero-order valence-electron chi connectivity index (χ0n) is 11.6. The molecule has 4 nitrogen and oxygen atoms in total. The molecule has 1 aliphatic heterocycles. The van der Waals surface area contributed by atoms with Crippen molar-refractivity contribution >= 4 is 5.91 Å². The third-order valence-electron chi connectivity index (χ3n) is 4.32. The van der Waals surface area contributed by atoms with Gasteiger partial charge < -0.3 is 15.5 Å². The first kappa shape index (κ1) is 13.8. The number of nitrogens with zero attached hydrogens (tertiary/aromatic N) is 1. The highest BCUT2D eigenvalue weighted by Gasteiger charge is 2.20. The molecule has 0 aromatic rings. The van der Waals surface area contributed by atoms with Gasteiger partial charge in [0.1, 0.15) is 0 Å². The third-order valence-corrected chi connectivity index (χ3v) is 4.32. The van der Waals surface area contributed by atoms with Gasteiger partial charge in [-0.2, -0.15) is 0 Å². The van der Waals surface area contributed by atoms with Gasteiger partial charge in [-0.25, -0.2) is 0 Å². The molecule has 1 aliphatic carbocycles. The summed E-state index contributed by atoms with van der Waals surface area (Å²) < 4.78 is 0. The molecule has 4 heteroatoms. The van der Waals surface area contributed by atoms with Crippen LogP contribution in [0.25, 0.3) is 0 Å². The number of hydrogen-bond acceptors (Lipinski definition) is 3. The van der Waals surface area contributed by atoms with E-state index in [1.54, 1.807) is 0 Å². The molecule has 0 aromatic carbocycles. The predicted octanol–water partition coefficient (Wildman–Crippen LogP) is 1.12. The van der Waals surface area contributed by atoms with E-state index in [1.807, 2.05) is 0 Å². The van der Waals surface area contributed by atoms with Crippen LogP contribution in [0, 0.1) is 0 Å². The summed E-state index contributed by atoms with van der Waals surface area (Å²) >= 11 is 0. The van der Waals surface area contributed by atoms with Crippen LogP contribution in [0.2, 0.25) is 0 Å². The molecule has 0 aromatic heterocycles. The second kappa shape index (κ2) is 7.10. The minimum absolute atomic E-state index is 0.236. The van der Waals surface area contributed by atoms with E-state index in [1.165, 1.54) is 38.5 Å². The van der Waals surface area contributed by atoms with Crippen molar-refractivity contribution < 1.29 is 4.79 Å². The van der Waals surface area contributed by atoms with E-state index in [0.29, 0.717) is 18.5 Å². The van der Waals surface area contributed by atoms with Crippen LogP contribution in [0.5, 0.6) is 0 Å². The molecule has 2 rings (SSSR count). The highest BCUT2D eigenvalue weighted by Crippen LogP contribution is 2.17. The smallest absolute Gasteiger partial charge is 0.221 e. The van der Waals surface area contributed by atoms with Crippen LogP contribution in [0.1, 0.15) is 44.9 Å². The molecule has 2 aliphatic rings. The summed E-state index contributed by atoms with van der Waals surface area (Å²) in [7, 11) is 2.13. The summed E-state index contributed by atoms with van der Waals surface area (Å²) in [5, 5.41) is 6.55. The van der Waals surface area contributed by atoms with Crippen LogP contribution in [-0.4, -0.2) is 49.6 Å². The van der Waals surface area contributed by atoms with Crippen molar-refractivity contribution in [2.45, 2.75) is 57.0 Å². The van der Waals surface area contributed by atoms with Crippen molar-refractivity contribution in [3.8, 4) is 0 Å². The average Bonchev–Trinajstić information content (AvgIpc) is 2.91. The minimum atomic E-state index is 0.236. The Labute approximate surface area is 110 Å². The summed E-state index contributed by atoms with van der Waals surface area (Å²) in [6, 6.07) is 1.07. The topological polar surface area (TPSA) is 44.4 Å². The Bertz CT molecular complexity index is 258. The molecule has 1 saturated carbocycles. The van der Waals surface area contributed by atoms with Gasteiger partial charge in [-0.1, -0.05) is 19.3 Å². The van der Waals surface area contributed by atoms with Gasteiger partial charge in [-0.05, 0) is 32.9 Å². The monoisotopic (exact) mass is 253 g/mol. The quantitative estimate of drug-likeness (QED) is 0.772. The maximum Gasteiger partial charge on any atom is 0.221 e. The van der Waals surface area contributed by atoms with E-state index in [-0.39, 0.29) is 5.91 Å². The SMILES string of the molecule is CN(CCC(=O)NC1CCCCC1)C1CCNC1. The van der Waals surface area contributed by atoms with Crippen molar-refractivity contribution in [3.63, 3.8) is 0 Å². The number of rotatable bonds is 5. The summed E-state index contributed by atoms with van der Waals surface area (Å²) in [5.74, 6) is 0.236. The number of nitrogens with one attached hydrogen (secondary N) is 2. The third kappa shape index (κ3) is 4.25. The van der Waals surface area contributed by atoms with Crippen LogP contribution in [0.4, 0.5) is 0 Å². The van der Waals surface area contributed by atoms with Crippen LogP contribution in [-0.2, 0) is 4.79 Å². The van der Waals surface area contributed by atoms with Crippen molar-refractivity contribution in [3.05, 3.63) is 0 Å². The zero-order valence-corrected chi connectivity index (χ0v) is 11.6. The molecule has 18 heavy (non-hydrogen) atoms. The maximum absolute atomic E-state index is 11.9. The lowest BCUT2D eigenvalue weighted by atomic mass is 9.95. The normalized spacial score (nSPS) is 25.6. The Balaban J connectivity index is 1.61. The van der Waals surface area contributed by atoms with Gasteiger partial charge in [-0.3, -0.25) is 4.79 Å². The fourth-order valence-electron chi connectivity index (χ4n) is 3.02. The first-order valence-corrected chi connectivity index (χ1v) is 7.46. The first-order valence-electron chi connectivity index (χ1n) is 7.46. The molecule has 1 atom stereocenters. The maximum atomic E-state index is 11.9. The minimum Gasteiger partial charge on any atom is -0.353 e. The van der Waals surface area contributed by atoms with Crippen molar-refractivity contribution in [2.75, 3.05) is 26.7 Å². The molecule has 1 saturated heterocycles. The molecule has 104 valence electrons. The zero-order chi connectivity index (χ0) is 12.8. The number of hydrogen-bond donors (Lipinski definition) is 2. The van der Waals surface area contributed by atoms with Crippen molar-refractivity contribution in [2.24, 2.45) is 0 Å². The van der Waals surface area contributed by atoms with Crippen LogP contribution >= 0.6 is 0 Å². The number of amides is 1. The Morgan fingerprint density at radius 2 is 2.06 bits per heavy atom. The predicted molar refractivity (Wildman–Crippen MR) is 73.5 cm³/mol. The highest BCUT2D eigenvalue weighted by molar-refractivity contribution is 5.76. The Morgan fingerprint density at radius 3 is 2.72 bits per heavy atom. The Kier molecular flexibility index (Phi) is 5.45. The van der Waals surface area contributed by atoms with Crippen LogP contribution < -0.4 is 10.6 Å². The molecule has 1 amide bonds. The van der Waals surface area contributed by atoms with E-state index in [2.05, 4.69) is 22.6 Å². The molecule has 2 fully saturated rings. The van der Waals surface area contributed by atoms with E-state index < -0.39 is 0 Å². The van der Waals surface area contributed by atoms with E-state index >= 15 is 0 Å². The van der Waals surface area contributed by atoms with Gasteiger partial charge in [0.05, 0.1) is 0 Å². The first-order chi connectivity index (χ1) is 8.75. The molecular weight excluding hydrogens is 226 g/mol.